The monoisotopic (exact) mass is 436 g/mol. The zero-order valence-electron chi connectivity index (χ0n) is 16.3. The number of nitrogens with zero attached hydrogens (tertiary/aromatic N) is 1. The number of hydrogen-bond acceptors (Lipinski definition) is 5. The second kappa shape index (κ2) is 8.93. The molecule has 0 spiro atoms. The van der Waals surface area contributed by atoms with Gasteiger partial charge in [-0.05, 0) is 56.2 Å². The van der Waals surface area contributed by atoms with E-state index in [4.69, 9.17) is 0 Å². The van der Waals surface area contributed by atoms with Crippen LogP contribution in [0.3, 0.4) is 0 Å². The number of piperidine rings is 1. The molecule has 2 aromatic rings. The first-order valence-corrected chi connectivity index (χ1v) is 11.5. The van der Waals surface area contributed by atoms with Gasteiger partial charge in [0.25, 0.3) is 10.0 Å². The number of aryl methyl sites for hydroxylation is 1. The van der Waals surface area contributed by atoms with Gasteiger partial charge >= 0.3 is 6.03 Å². The molecule has 10 heteroatoms. The summed E-state index contributed by atoms with van der Waals surface area (Å²) in [6.07, 6.45) is 1.27. The molecule has 1 saturated heterocycles. The van der Waals surface area contributed by atoms with Crippen molar-refractivity contribution in [3.63, 3.8) is 0 Å². The maximum Gasteiger partial charge on any atom is 0.318 e. The molecule has 1 aliphatic rings. The fourth-order valence-electron chi connectivity index (χ4n) is 3.13. The second-order valence-corrected chi connectivity index (χ2v) is 10.3. The zero-order valence-corrected chi connectivity index (χ0v) is 17.9. The lowest BCUT2D eigenvalue weighted by molar-refractivity contribution is -0.120. The summed E-state index contributed by atoms with van der Waals surface area (Å²) >= 11 is 1.24. The molecule has 3 amide bonds. The Morgan fingerprint density at radius 2 is 1.72 bits per heavy atom. The predicted octanol–water partition coefficient (Wildman–Crippen LogP) is 2.85. The van der Waals surface area contributed by atoms with Crippen molar-refractivity contribution in [3.05, 3.63) is 41.3 Å². The number of benzene rings is 1. The van der Waals surface area contributed by atoms with E-state index < -0.39 is 15.9 Å². The molecule has 0 radical (unpaired) electrons. The minimum absolute atomic E-state index is 0.168. The number of carbonyl (C=O) groups is 2. The molecule has 3 N–H and O–H groups in total. The Labute approximate surface area is 174 Å². The van der Waals surface area contributed by atoms with Crippen molar-refractivity contribution in [1.82, 2.24) is 9.62 Å². The lowest BCUT2D eigenvalue weighted by Gasteiger charge is -2.30. The Morgan fingerprint density at radius 3 is 2.31 bits per heavy atom. The van der Waals surface area contributed by atoms with E-state index in [1.54, 1.807) is 36.4 Å². The summed E-state index contributed by atoms with van der Waals surface area (Å²) in [7, 11) is -2.05. The molecule has 3 rings (SSSR count). The van der Waals surface area contributed by atoms with Crippen LogP contribution in [-0.4, -0.2) is 44.8 Å². The molecule has 1 aliphatic heterocycles. The maximum absolute atomic E-state index is 12.8. The average Bonchev–Trinajstić information content (AvgIpc) is 3.16. The van der Waals surface area contributed by atoms with E-state index in [-0.39, 0.29) is 18.5 Å². The average molecular weight is 437 g/mol. The molecule has 0 bridgehead atoms. The summed E-state index contributed by atoms with van der Waals surface area (Å²) in [6, 6.07) is 9.82. The molecule has 1 atom stereocenters. The van der Waals surface area contributed by atoms with E-state index in [9.17, 15) is 18.0 Å². The smallest absolute Gasteiger partial charge is 0.318 e. The largest absolute Gasteiger partial charge is 0.341 e. The van der Waals surface area contributed by atoms with Gasteiger partial charge in [-0.3, -0.25) is 4.79 Å². The molecule has 0 aliphatic carbocycles. The van der Waals surface area contributed by atoms with E-state index in [1.807, 2.05) is 6.92 Å². The highest BCUT2D eigenvalue weighted by Crippen LogP contribution is 2.28. The highest BCUT2D eigenvalue weighted by atomic mass is 32.2. The van der Waals surface area contributed by atoms with Gasteiger partial charge in [0.15, 0.2) is 0 Å². The molecule has 1 fully saturated rings. The number of sulfonamides is 1. The van der Waals surface area contributed by atoms with Crippen LogP contribution in [-0.2, 0) is 14.8 Å². The molecular weight excluding hydrogens is 412 g/mol. The van der Waals surface area contributed by atoms with Gasteiger partial charge in [0, 0.05) is 36.4 Å². The van der Waals surface area contributed by atoms with Gasteiger partial charge in [0.2, 0.25) is 5.91 Å². The Morgan fingerprint density at radius 1 is 1.07 bits per heavy atom. The lowest BCUT2D eigenvalue weighted by atomic mass is 9.98. The Balaban J connectivity index is 1.63. The highest BCUT2D eigenvalue weighted by Gasteiger charge is 2.34. The van der Waals surface area contributed by atoms with Gasteiger partial charge in [-0.1, -0.05) is 0 Å². The number of amides is 3. The summed E-state index contributed by atoms with van der Waals surface area (Å²) in [5, 5.41) is 7.94. The van der Waals surface area contributed by atoms with E-state index in [0.29, 0.717) is 35.0 Å². The van der Waals surface area contributed by atoms with Crippen LogP contribution in [0.2, 0.25) is 0 Å². The van der Waals surface area contributed by atoms with Crippen molar-refractivity contribution >= 4 is 44.7 Å². The predicted molar refractivity (Wildman–Crippen MR) is 114 cm³/mol. The summed E-state index contributed by atoms with van der Waals surface area (Å²) < 4.78 is 27.4. The van der Waals surface area contributed by atoms with Crippen molar-refractivity contribution in [2.75, 3.05) is 30.8 Å². The van der Waals surface area contributed by atoms with Crippen LogP contribution < -0.4 is 16.0 Å². The van der Waals surface area contributed by atoms with Gasteiger partial charge in [-0.15, -0.1) is 11.3 Å². The fourth-order valence-corrected chi connectivity index (χ4v) is 6.09. The van der Waals surface area contributed by atoms with Crippen LogP contribution in [0.15, 0.2) is 40.6 Å². The van der Waals surface area contributed by atoms with Gasteiger partial charge in [0.05, 0.1) is 5.92 Å². The van der Waals surface area contributed by atoms with Crippen molar-refractivity contribution in [2.24, 2.45) is 5.92 Å². The standard InChI is InChI=1S/C19H24N4O4S2/c1-13-5-10-17(28-13)29(26,27)23-11-3-4-14(12-23)18(24)21-15-6-8-16(9-7-15)22-19(25)20-2/h5-10,14H,3-4,11-12H2,1-2H3,(H,21,24)(H2,20,22,25). The second-order valence-electron chi connectivity index (χ2n) is 6.84. The van der Waals surface area contributed by atoms with Crippen molar-refractivity contribution < 1.29 is 18.0 Å². The van der Waals surface area contributed by atoms with Gasteiger partial charge in [0.1, 0.15) is 4.21 Å². The molecule has 1 unspecified atom stereocenters. The Hall–Kier alpha value is -2.43. The third-order valence-corrected chi connectivity index (χ3v) is 8.04. The number of rotatable bonds is 5. The third-order valence-electron chi connectivity index (χ3n) is 4.70. The molecule has 8 nitrogen and oxygen atoms in total. The first-order chi connectivity index (χ1) is 13.8. The summed E-state index contributed by atoms with van der Waals surface area (Å²) in [5.74, 6) is -0.623. The molecule has 1 aromatic carbocycles. The topological polar surface area (TPSA) is 108 Å². The van der Waals surface area contributed by atoms with E-state index in [1.165, 1.54) is 22.7 Å². The number of nitrogens with one attached hydrogen (secondary N) is 3. The summed E-state index contributed by atoms with van der Waals surface area (Å²) in [4.78, 5) is 24.9. The van der Waals surface area contributed by atoms with Crippen molar-refractivity contribution in [2.45, 2.75) is 24.0 Å². The third kappa shape index (κ3) is 5.14. The summed E-state index contributed by atoms with van der Waals surface area (Å²) in [5.41, 5.74) is 1.19. The van der Waals surface area contributed by atoms with E-state index in [2.05, 4.69) is 16.0 Å². The van der Waals surface area contributed by atoms with Gasteiger partial charge < -0.3 is 16.0 Å². The number of anilines is 2. The SMILES string of the molecule is CNC(=O)Nc1ccc(NC(=O)C2CCCN(S(=O)(=O)c3ccc(C)s3)C2)cc1. The number of carbonyl (C=O) groups excluding carboxylic acids is 2. The zero-order chi connectivity index (χ0) is 21.0. The first kappa shape index (κ1) is 21.3. The van der Waals surface area contributed by atoms with Crippen LogP contribution in [0, 0.1) is 12.8 Å². The van der Waals surface area contributed by atoms with Crippen molar-refractivity contribution in [3.8, 4) is 0 Å². The molecule has 1 aromatic heterocycles. The minimum atomic E-state index is -3.57. The quantitative estimate of drug-likeness (QED) is 0.670. The van der Waals surface area contributed by atoms with Crippen LogP contribution in [0.25, 0.3) is 0 Å². The highest BCUT2D eigenvalue weighted by molar-refractivity contribution is 7.91. The Bertz CT molecular complexity index is 986. The van der Waals surface area contributed by atoms with Crippen LogP contribution >= 0.6 is 11.3 Å². The number of thiophene rings is 1. The van der Waals surface area contributed by atoms with Crippen LogP contribution in [0.1, 0.15) is 17.7 Å². The normalized spacial score (nSPS) is 17.5. The van der Waals surface area contributed by atoms with E-state index >= 15 is 0 Å². The molecule has 156 valence electrons. The van der Waals surface area contributed by atoms with Crippen molar-refractivity contribution in [1.29, 1.82) is 0 Å². The fraction of sp³-hybridized carbons (Fsp3) is 0.368. The van der Waals surface area contributed by atoms with Crippen LogP contribution in [0.4, 0.5) is 16.2 Å². The summed E-state index contributed by atoms with van der Waals surface area (Å²) in [6.45, 7) is 2.45. The van der Waals surface area contributed by atoms with Crippen LogP contribution in [0.5, 0.6) is 0 Å². The van der Waals surface area contributed by atoms with Gasteiger partial charge in [-0.2, -0.15) is 4.31 Å². The van der Waals surface area contributed by atoms with Gasteiger partial charge in [-0.25, -0.2) is 13.2 Å². The van der Waals surface area contributed by atoms with E-state index in [0.717, 1.165) is 4.88 Å². The molecule has 0 saturated carbocycles. The molecular formula is C19H24N4O4S2. The number of urea groups is 1. The number of hydrogen-bond donors (Lipinski definition) is 3. The minimum Gasteiger partial charge on any atom is -0.341 e. The molecule has 29 heavy (non-hydrogen) atoms. The maximum atomic E-state index is 12.8. The molecule has 2 heterocycles. The Kier molecular flexibility index (Phi) is 6.56. The lowest BCUT2D eigenvalue weighted by Crippen LogP contribution is -2.43. The first-order valence-electron chi connectivity index (χ1n) is 9.26.